The Hall–Kier alpha value is -1.34. The number of hydrogen-bond acceptors (Lipinski definition) is 4. The van der Waals surface area contributed by atoms with Gasteiger partial charge in [-0.3, -0.25) is 0 Å². The molecule has 0 aliphatic carbocycles. The summed E-state index contributed by atoms with van der Waals surface area (Å²) in [5, 5.41) is 8.92. The molecule has 0 heterocycles. The topological polar surface area (TPSA) is 42.2 Å². The maximum absolute atomic E-state index is 8.92. The van der Waals surface area contributed by atoms with Crippen molar-refractivity contribution in [3.63, 3.8) is 0 Å². The van der Waals surface area contributed by atoms with Crippen molar-refractivity contribution in [2.45, 2.75) is 19.8 Å². The fourth-order valence-corrected chi connectivity index (χ4v) is 1.98. The normalized spacial score (nSPS) is 11.7. The van der Waals surface area contributed by atoms with Gasteiger partial charge in [-0.05, 0) is 24.3 Å². The number of thiol groups is 1. The van der Waals surface area contributed by atoms with Crippen molar-refractivity contribution in [3.8, 4) is 17.6 Å². The zero-order chi connectivity index (χ0) is 13.4. The minimum Gasteiger partial charge on any atom is -0.497 e. The van der Waals surface area contributed by atoms with Gasteiger partial charge in [-0.2, -0.15) is 17.9 Å². The van der Waals surface area contributed by atoms with Gasteiger partial charge in [-0.15, -0.1) is 0 Å². The van der Waals surface area contributed by atoms with Crippen molar-refractivity contribution >= 4 is 12.6 Å². The number of nitriles is 1. The van der Waals surface area contributed by atoms with Crippen LogP contribution in [0.3, 0.4) is 0 Å². The van der Waals surface area contributed by atoms with Crippen molar-refractivity contribution in [2.24, 2.45) is 5.92 Å². The molecule has 0 saturated carbocycles. The molecular weight excluding hydrogens is 246 g/mol. The average molecular weight is 265 g/mol. The molecule has 1 rings (SSSR count). The zero-order valence-electron chi connectivity index (χ0n) is 10.8. The fraction of sp³-hybridized carbons (Fsp3) is 0.500. The predicted octanol–water partition coefficient (Wildman–Crippen LogP) is 3.29. The van der Waals surface area contributed by atoms with Gasteiger partial charge in [0.1, 0.15) is 11.5 Å². The highest BCUT2D eigenvalue weighted by atomic mass is 32.1. The zero-order valence-corrected chi connectivity index (χ0v) is 11.7. The number of hydrogen-bond donors (Lipinski definition) is 1. The molecule has 0 radical (unpaired) electrons. The van der Waals surface area contributed by atoms with E-state index in [0.717, 1.165) is 18.6 Å². The summed E-state index contributed by atoms with van der Waals surface area (Å²) in [4.78, 5) is 0. The number of rotatable bonds is 7. The molecule has 1 aromatic carbocycles. The first kappa shape index (κ1) is 14.7. The number of nitrogens with zero attached hydrogens (tertiary/aromatic N) is 1. The maximum Gasteiger partial charge on any atom is 0.124 e. The van der Waals surface area contributed by atoms with Crippen LogP contribution in [0.1, 0.15) is 25.3 Å². The molecule has 0 amide bonds. The Morgan fingerprint density at radius 3 is 2.61 bits per heavy atom. The summed E-state index contributed by atoms with van der Waals surface area (Å²) < 4.78 is 10.8. The molecule has 0 saturated heterocycles. The Kier molecular flexibility index (Phi) is 6.45. The second-order valence-corrected chi connectivity index (χ2v) is 4.52. The number of methoxy groups -OCH3 is 1. The molecule has 98 valence electrons. The Morgan fingerprint density at radius 2 is 2.06 bits per heavy atom. The van der Waals surface area contributed by atoms with E-state index in [0.29, 0.717) is 29.6 Å². The lowest BCUT2D eigenvalue weighted by molar-refractivity contribution is 0.253. The van der Waals surface area contributed by atoms with E-state index < -0.39 is 0 Å². The molecule has 1 unspecified atom stereocenters. The van der Waals surface area contributed by atoms with Crippen LogP contribution in [-0.4, -0.2) is 19.5 Å². The highest BCUT2D eigenvalue weighted by molar-refractivity contribution is 7.80. The van der Waals surface area contributed by atoms with Gasteiger partial charge in [-0.1, -0.05) is 13.3 Å². The van der Waals surface area contributed by atoms with E-state index in [4.69, 9.17) is 14.7 Å². The molecule has 0 aliphatic rings. The van der Waals surface area contributed by atoms with E-state index in [1.165, 1.54) is 0 Å². The van der Waals surface area contributed by atoms with Gasteiger partial charge in [0.25, 0.3) is 0 Å². The molecule has 0 bridgehead atoms. The van der Waals surface area contributed by atoms with Gasteiger partial charge in [0.05, 0.1) is 25.3 Å². The minimum atomic E-state index is 0.440. The summed E-state index contributed by atoms with van der Waals surface area (Å²) in [6.45, 7) is 2.77. The number of ether oxygens (including phenoxy) is 2. The predicted molar refractivity (Wildman–Crippen MR) is 75.5 cm³/mol. The fourth-order valence-electron chi connectivity index (χ4n) is 1.69. The Morgan fingerprint density at radius 1 is 1.33 bits per heavy atom. The Labute approximate surface area is 114 Å². The van der Waals surface area contributed by atoms with E-state index in [1.54, 1.807) is 25.3 Å². The first-order valence-corrected chi connectivity index (χ1v) is 6.69. The van der Waals surface area contributed by atoms with E-state index in [2.05, 4.69) is 25.6 Å². The molecular formula is C14H19NO2S. The van der Waals surface area contributed by atoms with Crippen molar-refractivity contribution < 1.29 is 9.47 Å². The molecule has 1 aromatic rings. The quantitative estimate of drug-likeness (QED) is 0.769. The van der Waals surface area contributed by atoms with Gasteiger partial charge in [-0.25, -0.2) is 0 Å². The summed E-state index contributed by atoms with van der Waals surface area (Å²) >= 11 is 4.32. The van der Waals surface area contributed by atoms with Crippen LogP contribution in [0.4, 0.5) is 0 Å². The molecule has 0 fully saturated rings. The van der Waals surface area contributed by atoms with Crippen molar-refractivity contribution in [3.05, 3.63) is 23.8 Å². The maximum atomic E-state index is 8.92. The Balaban J connectivity index is 2.69. The largest absolute Gasteiger partial charge is 0.497 e. The monoisotopic (exact) mass is 265 g/mol. The lowest BCUT2D eigenvalue weighted by Crippen LogP contribution is -2.13. The second-order valence-electron chi connectivity index (χ2n) is 4.16. The standard InChI is InChI=1S/C14H19NO2S/c1-3-4-11(10-18)9-17-14-6-12(8-15)5-13(7-14)16-2/h5-7,11,18H,3-4,9-10H2,1-2H3. The van der Waals surface area contributed by atoms with Crippen molar-refractivity contribution in [2.75, 3.05) is 19.5 Å². The van der Waals surface area contributed by atoms with E-state index in [9.17, 15) is 0 Å². The highest BCUT2D eigenvalue weighted by Crippen LogP contribution is 2.23. The van der Waals surface area contributed by atoms with E-state index >= 15 is 0 Å². The third kappa shape index (κ3) is 4.50. The lowest BCUT2D eigenvalue weighted by Gasteiger charge is -2.15. The molecule has 0 N–H and O–H groups in total. The molecule has 4 heteroatoms. The van der Waals surface area contributed by atoms with Crippen LogP contribution in [0, 0.1) is 17.2 Å². The molecule has 0 aromatic heterocycles. The second kappa shape index (κ2) is 7.88. The summed E-state index contributed by atoms with van der Waals surface area (Å²) in [7, 11) is 1.58. The first-order valence-electron chi connectivity index (χ1n) is 6.06. The van der Waals surface area contributed by atoms with Gasteiger partial charge in [0.15, 0.2) is 0 Å². The van der Waals surface area contributed by atoms with Gasteiger partial charge in [0.2, 0.25) is 0 Å². The van der Waals surface area contributed by atoms with Crippen molar-refractivity contribution in [1.82, 2.24) is 0 Å². The van der Waals surface area contributed by atoms with Crippen LogP contribution >= 0.6 is 12.6 Å². The molecule has 0 aliphatic heterocycles. The van der Waals surface area contributed by atoms with E-state index in [1.807, 2.05) is 0 Å². The molecule has 0 spiro atoms. The average Bonchev–Trinajstić information content (AvgIpc) is 2.42. The van der Waals surface area contributed by atoms with Crippen LogP contribution in [0.15, 0.2) is 18.2 Å². The molecule has 18 heavy (non-hydrogen) atoms. The van der Waals surface area contributed by atoms with Crippen LogP contribution in [0.2, 0.25) is 0 Å². The molecule has 3 nitrogen and oxygen atoms in total. The summed E-state index contributed by atoms with van der Waals surface area (Å²) in [6.07, 6.45) is 2.22. The highest BCUT2D eigenvalue weighted by Gasteiger charge is 2.08. The van der Waals surface area contributed by atoms with Gasteiger partial charge in [0, 0.05) is 12.0 Å². The van der Waals surface area contributed by atoms with Crippen LogP contribution in [0.5, 0.6) is 11.5 Å². The smallest absolute Gasteiger partial charge is 0.124 e. The third-order valence-corrected chi connectivity index (χ3v) is 3.20. The first-order chi connectivity index (χ1) is 8.73. The van der Waals surface area contributed by atoms with Crippen LogP contribution < -0.4 is 9.47 Å². The molecule has 1 atom stereocenters. The Bertz CT molecular complexity index is 415. The summed E-state index contributed by atoms with van der Waals surface area (Å²) in [5.74, 6) is 2.56. The van der Waals surface area contributed by atoms with Crippen LogP contribution in [-0.2, 0) is 0 Å². The number of benzene rings is 1. The minimum absolute atomic E-state index is 0.440. The van der Waals surface area contributed by atoms with E-state index in [-0.39, 0.29) is 0 Å². The van der Waals surface area contributed by atoms with Gasteiger partial charge >= 0.3 is 0 Å². The summed E-state index contributed by atoms with van der Waals surface area (Å²) in [5.41, 5.74) is 0.544. The summed E-state index contributed by atoms with van der Waals surface area (Å²) in [6, 6.07) is 7.30. The van der Waals surface area contributed by atoms with Gasteiger partial charge < -0.3 is 9.47 Å². The lowest BCUT2D eigenvalue weighted by atomic mass is 10.1. The van der Waals surface area contributed by atoms with Crippen LogP contribution in [0.25, 0.3) is 0 Å². The third-order valence-electron chi connectivity index (χ3n) is 2.69. The van der Waals surface area contributed by atoms with Crippen molar-refractivity contribution in [1.29, 1.82) is 5.26 Å². The SMILES string of the molecule is CCCC(CS)COc1cc(C#N)cc(OC)c1.